The second-order valence-electron chi connectivity index (χ2n) is 15.3. The highest BCUT2D eigenvalue weighted by molar-refractivity contribution is 5.88. The molecule has 5 atom stereocenters. The summed E-state index contributed by atoms with van der Waals surface area (Å²) in [7, 11) is 1.72. The summed E-state index contributed by atoms with van der Waals surface area (Å²) in [6.45, 7) is 16.8. The largest absolute Gasteiger partial charge is 0.391 e. The number of aryl methyl sites for hydroxylation is 2. The number of fused-ring (bicyclic) bond motifs is 1. The van der Waals surface area contributed by atoms with Gasteiger partial charge in [0.2, 0.25) is 17.7 Å². The number of hydrogen-bond donors (Lipinski definition) is 5. The Morgan fingerprint density at radius 2 is 1.70 bits per heavy atom. The molecule has 1 saturated heterocycles. The molecule has 1 aliphatic heterocycles. The van der Waals surface area contributed by atoms with E-state index in [0.29, 0.717) is 26.2 Å². The summed E-state index contributed by atoms with van der Waals surface area (Å²) < 4.78 is 13.0. The number of rotatable bonds is 20. The summed E-state index contributed by atoms with van der Waals surface area (Å²) in [6.07, 6.45) is 5.11. The molecule has 1 aliphatic rings. The van der Waals surface area contributed by atoms with Crippen molar-refractivity contribution < 1.29 is 29.0 Å². The van der Waals surface area contributed by atoms with E-state index in [4.69, 9.17) is 15.2 Å². The quantitative estimate of drug-likeness (QED) is 0.130. The lowest BCUT2D eigenvalue weighted by Crippen LogP contribution is -2.56. The smallest absolute Gasteiger partial charge is 0.243 e. The maximum atomic E-state index is 13.8. The first kappa shape index (κ1) is 41.4. The van der Waals surface area contributed by atoms with Crippen LogP contribution in [0.4, 0.5) is 0 Å². The number of nitrogens with two attached hydrogens (primary N) is 1. The number of ether oxygens (including phenoxy) is 2. The monoisotopic (exact) mass is 699 g/mol. The van der Waals surface area contributed by atoms with Gasteiger partial charge < -0.3 is 40.8 Å². The summed E-state index contributed by atoms with van der Waals surface area (Å²) in [6, 6.07) is 5.23. The van der Waals surface area contributed by atoms with Gasteiger partial charge in [-0.2, -0.15) is 0 Å². The van der Waals surface area contributed by atoms with Crippen LogP contribution < -0.4 is 21.7 Å². The molecule has 0 saturated carbocycles. The third-order valence-electron chi connectivity index (χ3n) is 10.3. The molecule has 2 heterocycles. The zero-order chi connectivity index (χ0) is 37.0. The van der Waals surface area contributed by atoms with Crippen LogP contribution >= 0.6 is 0 Å². The molecule has 3 amide bonds. The van der Waals surface area contributed by atoms with Gasteiger partial charge >= 0.3 is 0 Å². The Balaban J connectivity index is 1.89. The minimum atomic E-state index is -0.991. The Hall–Kier alpha value is -2.99. The lowest BCUT2D eigenvalue weighted by Gasteiger charge is -2.34. The Labute approximate surface area is 299 Å². The highest BCUT2D eigenvalue weighted by Crippen LogP contribution is 2.30. The van der Waals surface area contributed by atoms with Gasteiger partial charge in [-0.1, -0.05) is 53.7 Å². The molecule has 0 aliphatic carbocycles. The second-order valence-corrected chi connectivity index (χ2v) is 15.3. The van der Waals surface area contributed by atoms with Crippen LogP contribution in [0.1, 0.15) is 84.8 Å². The lowest BCUT2D eigenvalue weighted by atomic mass is 9.80. The van der Waals surface area contributed by atoms with E-state index in [2.05, 4.69) is 65.7 Å². The molecule has 6 N–H and O–H groups in total. The van der Waals surface area contributed by atoms with E-state index in [0.717, 1.165) is 32.2 Å². The van der Waals surface area contributed by atoms with E-state index in [1.54, 1.807) is 7.11 Å². The summed E-state index contributed by atoms with van der Waals surface area (Å²) >= 11 is 0. The van der Waals surface area contributed by atoms with Crippen LogP contribution in [0, 0.1) is 36.5 Å². The fourth-order valence-electron chi connectivity index (χ4n) is 7.04. The molecule has 3 unspecified atom stereocenters. The third kappa shape index (κ3) is 12.1. The number of hydrogen-bond acceptors (Lipinski definition) is 7. The SMILES string of the molecule is COCCCn1cc(C)c2ccc(CC(C[C@H](NC(=O)[C@@H](NC(=O)CN)C(C)C)C(O)CC(C(=O)NC3CCOCC3)C(C)C)C(C)C)cc21. The van der Waals surface area contributed by atoms with E-state index in [9.17, 15) is 19.5 Å². The first-order valence-corrected chi connectivity index (χ1v) is 18.7. The number of aliphatic hydroxyl groups is 1. The van der Waals surface area contributed by atoms with Crippen LogP contribution in [0.2, 0.25) is 0 Å². The zero-order valence-corrected chi connectivity index (χ0v) is 31.8. The molecule has 0 spiro atoms. The first-order chi connectivity index (χ1) is 23.7. The van der Waals surface area contributed by atoms with Gasteiger partial charge in [-0.15, -0.1) is 0 Å². The van der Waals surface area contributed by atoms with Crippen LogP contribution in [-0.4, -0.2) is 85.1 Å². The number of aliphatic hydroxyl groups excluding tert-OH is 1. The molecule has 282 valence electrons. The van der Waals surface area contributed by atoms with E-state index in [1.807, 2.05) is 27.7 Å². The average molecular weight is 700 g/mol. The standard InChI is InChI=1S/C39H65N5O6/c1-24(2)29(18-28-10-11-31-27(7)23-44(34(31)19-28)14-9-15-49-8)20-33(42-39(48)37(26(5)6)43-36(46)22-40)35(45)21-32(25(3)4)38(47)41-30-12-16-50-17-13-30/h10-11,19,23-26,29-30,32-33,35,37,45H,9,12-18,20-22,40H2,1-8H3,(H,41,47)(H,42,48)(H,43,46)/t29?,32?,33-,35?,37-/m0/s1. The molecule has 1 aromatic carbocycles. The van der Waals surface area contributed by atoms with Crippen molar-refractivity contribution in [1.29, 1.82) is 0 Å². The number of nitrogens with one attached hydrogen (secondary N) is 3. The Kier molecular flexibility index (Phi) is 16.7. The molecular weight excluding hydrogens is 634 g/mol. The van der Waals surface area contributed by atoms with Gasteiger partial charge in [0, 0.05) is 62.5 Å². The fourth-order valence-corrected chi connectivity index (χ4v) is 7.04. The highest BCUT2D eigenvalue weighted by atomic mass is 16.5. The third-order valence-corrected chi connectivity index (χ3v) is 10.3. The number of nitrogens with zero attached hydrogens (tertiary/aromatic N) is 1. The maximum absolute atomic E-state index is 13.8. The number of amides is 3. The molecule has 1 fully saturated rings. The maximum Gasteiger partial charge on any atom is 0.243 e. The van der Waals surface area contributed by atoms with Crippen molar-refractivity contribution in [2.24, 2.45) is 35.3 Å². The summed E-state index contributed by atoms with van der Waals surface area (Å²) in [5, 5.41) is 22.2. The predicted molar refractivity (Wildman–Crippen MR) is 199 cm³/mol. The van der Waals surface area contributed by atoms with Gasteiger partial charge in [0.25, 0.3) is 0 Å². The Morgan fingerprint density at radius 1 is 1.00 bits per heavy atom. The molecule has 2 aromatic rings. The number of aromatic nitrogens is 1. The summed E-state index contributed by atoms with van der Waals surface area (Å²) in [5.74, 6) is -1.19. The van der Waals surface area contributed by atoms with Crippen LogP contribution in [0.25, 0.3) is 10.9 Å². The van der Waals surface area contributed by atoms with Crippen molar-refractivity contribution in [3.63, 3.8) is 0 Å². The Bertz CT molecular complexity index is 1370. The van der Waals surface area contributed by atoms with Gasteiger partial charge in [0.15, 0.2) is 0 Å². The molecule has 11 nitrogen and oxygen atoms in total. The van der Waals surface area contributed by atoms with Crippen molar-refractivity contribution in [2.45, 2.75) is 118 Å². The minimum Gasteiger partial charge on any atom is -0.391 e. The van der Waals surface area contributed by atoms with Crippen molar-refractivity contribution in [3.8, 4) is 0 Å². The predicted octanol–water partition coefficient (Wildman–Crippen LogP) is 4.09. The van der Waals surface area contributed by atoms with E-state index >= 15 is 0 Å². The lowest BCUT2D eigenvalue weighted by molar-refractivity contribution is -0.131. The fraction of sp³-hybridized carbons (Fsp3) is 0.718. The number of methoxy groups -OCH3 is 1. The van der Waals surface area contributed by atoms with Crippen molar-refractivity contribution in [1.82, 2.24) is 20.5 Å². The van der Waals surface area contributed by atoms with Gasteiger partial charge in [0.05, 0.1) is 18.7 Å². The van der Waals surface area contributed by atoms with Crippen molar-refractivity contribution in [2.75, 3.05) is 33.5 Å². The molecule has 11 heteroatoms. The topological polar surface area (TPSA) is 157 Å². The number of carbonyl (C=O) groups is 3. The first-order valence-electron chi connectivity index (χ1n) is 18.7. The zero-order valence-electron chi connectivity index (χ0n) is 31.8. The van der Waals surface area contributed by atoms with Crippen molar-refractivity contribution >= 4 is 28.6 Å². The highest BCUT2D eigenvalue weighted by Gasteiger charge is 2.35. The number of carbonyl (C=O) groups excluding carboxylic acids is 3. The molecule has 1 aromatic heterocycles. The molecule has 50 heavy (non-hydrogen) atoms. The molecule has 3 rings (SSSR count). The van der Waals surface area contributed by atoms with E-state index < -0.39 is 30.0 Å². The van der Waals surface area contributed by atoms with Gasteiger partial charge in [-0.05, 0) is 86.3 Å². The van der Waals surface area contributed by atoms with Crippen LogP contribution in [0.15, 0.2) is 24.4 Å². The summed E-state index contributed by atoms with van der Waals surface area (Å²) in [4.78, 5) is 39.6. The van der Waals surface area contributed by atoms with Gasteiger partial charge in [-0.3, -0.25) is 14.4 Å². The molecule has 0 radical (unpaired) electrons. The molecule has 0 bridgehead atoms. The van der Waals surface area contributed by atoms with Gasteiger partial charge in [-0.25, -0.2) is 0 Å². The molecular formula is C39H65N5O6. The van der Waals surface area contributed by atoms with Crippen LogP contribution in [0.5, 0.6) is 0 Å². The van der Waals surface area contributed by atoms with Crippen molar-refractivity contribution in [3.05, 3.63) is 35.5 Å². The Morgan fingerprint density at radius 3 is 2.30 bits per heavy atom. The second kappa shape index (κ2) is 20.2. The average Bonchev–Trinajstić information content (AvgIpc) is 3.39. The van der Waals surface area contributed by atoms with Crippen LogP contribution in [0.3, 0.4) is 0 Å². The van der Waals surface area contributed by atoms with E-state index in [-0.39, 0.29) is 54.5 Å². The van der Waals surface area contributed by atoms with E-state index in [1.165, 1.54) is 22.0 Å². The minimum absolute atomic E-state index is 0.0238. The summed E-state index contributed by atoms with van der Waals surface area (Å²) in [5.41, 5.74) is 9.17. The normalized spacial score (nSPS) is 17.1. The van der Waals surface area contributed by atoms with Crippen LogP contribution in [-0.2, 0) is 36.8 Å². The van der Waals surface area contributed by atoms with Gasteiger partial charge in [0.1, 0.15) is 6.04 Å². The number of benzene rings is 1.